The summed E-state index contributed by atoms with van der Waals surface area (Å²) >= 11 is 5.93. The maximum absolute atomic E-state index is 12.2. The summed E-state index contributed by atoms with van der Waals surface area (Å²) in [6, 6.07) is 6.94. The van der Waals surface area contributed by atoms with Gasteiger partial charge in [0.2, 0.25) is 5.91 Å². The van der Waals surface area contributed by atoms with E-state index in [-0.39, 0.29) is 5.69 Å². The van der Waals surface area contributed by atoms with Crippen LogP contribution in [0.2, 0.25) is 5.02 Å². The largest absolute Gasteiger partial charge is 0.408 e. The number of amides is 1. The Morgan fingerprint density at radius 3 is 2.77 bits per heavy atom. The SMILES string of the molecule is O=C(/C=C/c1ccccc1Cl)Nc1cnn(CC(F)(F)F)c1. The third-order valence-corrected chi connectivity index (χ3v) is 2.91. The van der Waals surface area contributed by atoms with Crippen LogP contribution in [-0.2, 0) is 11.3 Å². The van der Waals surface area contributed by atoms with Gasteiger partial charge in [0.05, 0.1) is 11.9 Å². The lowest BCUT2D eigenvalue weighted by Crippen LogP contribution is -2.17. The highest BCUT2D eigenvalue weighted by atomic mass is 35.5. The van der Waals surface area contributed by atoms with Gasteiger partial charge in [0.1, 0.15) is 6.54 Å². The lowest BCUT2D eigenvalue weighted by molar-refractivity contribution is -0.142. The molecular weight excluding hydrogens is 319 g/mol. The van der Waals surface area contributed by atoms with Crippen molar-refractivity contribution in [3.63, 3.8) is 0 Å². The van der Waals surface area contributed by atoms with E-state index in [2.05, 4.69) is 10.4 Å². The fourth-order valence-corrected chi connectivity index (χ4v) is 1.86. The predicted octanol–water partition coefficient (Wildman–Crippen LogP) is 3.75. The molecule has 0 aliphatic heterocycles. The number of benzene rings is 1. The molecule has 0 aliphatic rings. The van der Waals surface area contributed by atoms with Gasteiger partial charge in [0, 0.05) is 17.3 Å². The third kappa shape index (κ3) is 4.92. The molecule has 0 fully saturated rings. The molecule has 4 nitrogen and oxygen atoms in total. The zero-order valence-electron chi connectivity index (χ0n) is 11.1. The number of aromatic nitrogens is 2. The molecule has 1 aromatic heterocycles. The van der Waals surface area contributed by atoms with Crippen LogP contribution in [0.4, 0.5) is 18.9 Å². The Morgan fingerprint density at radius 2 is 2.09 bits per heavy atom. The molecule has 116 valence electrons. The number of nitrogens with one attached hydrogen (secondary N) is 1. The molecule has 8 heteroatoms. The van der Waals surface area contributed by atoms with Crippen molar-refractivity contribution in [3.8, 4) is 0 Å². The van der Waals surface area contributed by atoms with E-state index in [9.17, 15) is 18.0 Å². The van der Waals surface area contributed by atoms with Crippen LogP contribution in [-0.4, -0.2) is 21.9 Å². The molecule has 0 saturated carbocycles. The minimum Gasteiger partial charge on any atom is -0.320 e. The summed E-state index contributed by atoms with van der Waals surface area (Å²) in [6.07, 6.45) is 0.638. The Kier molecular flexibility index (Phi) is 4.87. The van der Waals surface area contributed by atoms with E-state index in [1.807, 2.05) is 0 Å². The average molecular weight is 330 g/mol. The normalized spacial score (nSPS) is 11.8. The van der Waals surface area contributed by atoms with Crippen molar-refractivity contribution in [1.29, 1.82) is 0 Å². The van der Waals surface area contributed by atoms with Crippen LogP contribution in [0.5, 0.6) is 0 Å². The third-order valence-electron chi connectivity index (χ3n) is 2.56. The lowest BCUT2D eigenvalue weighted by atomic mass is 10.2. The van der Waals surface area contributed by atoms with Gasteiger partial charge in [-0.15, -0.1) is 0 Å². The number of alkyl halides is 3. The Labute approximate surface area is 129 Å². The van der Waals surface area contributed by atoms with Crippen LogP contribution in [0.1, 0.15) is 5.56 Å². The van der Waals surface area contributed by atoms with Crippen molar-refractivity contribution in [2.75, 3.05) is 5.32 Å². The molecule has 0 bridgehead atoms. The quantitative estimate of drug-likeness (QED) is 0.868. The minimum atomic E-state index is -4.36. The van der Waals surface area contributed by atoms with Gasteiger partial charge in [-0.2, -0.15) is 18.3 Å². The van der Waals surface area contributed by atoms with Gasteiger partial charge in [0.15, 0.2) is 0 Å². The maximum atomic E-state index is 12.2. The van der Waals surface area contributed by atoms with E-state index in [1.54, 1.807) is 24.3 Å². The number of hydrogen-bond acceptors (Lipinski definition) is 2. The Hall–Kier alpha value is -2.28. The standard InChI is InChI=1S/C14H11ClF3N3O/c15-12-4-2-1-3-10(12)5-6-13(22)20-11-7-19-21(8-11)9-14(16,17)18/h1-8H,9H2,(H,20,22)/b6-5+. The summed E-state index contributed by atoms with van der Waals surface area (Å²) in [5.41, 5.74) is 0.838. The molecular formula is C14H11ClF3N3O. The fourth-order valence-electron chi connectivity index (χ4n) is 1.66. The second-order valence-corrected chi connectivity index (χ2v) is 4.79. The smallest absolute Gasteiger partial charge is 0.320 e. The summed E-state index contributed by atoms with van der Waals surface area (Å²) in [5, 5.41) is 6.43. The summed E-state index contributed by atoms with van der Waals surface area (Å²) in [7, 11) is 0. The van der Waals surface area contributed by atoms with Crippen LogP contribution < -0.4 is 5.32 Å². The van der Waals surface area contributed by atoms with Crippen molar-refractivity contribution in [2.24, 2.45) is 0 Å². The second-order valence-electron chi connectivity index (χ2n) is 4.39. The number of nitrogens with zero attached hydrogens (tertiary/aromatic N) is 2. The van der Waals surface area contributed by atoms with Crippen LogP contribution >= 0.6 is 11.6 Å². The monoisotopic (exact) mass is 329 g/mol. The van der Waals surface area contributed by atoms with E-state index < -0.39 is 18.6 Å². The molecule has 1 N–H and O–H groups in total. The van der Waals surface area contributed by atoms with Crippen molar-refractivity contribution in [1.82, 2.24) is 9.78 Å². The van der Waals surface area contributed by atoms with Crippen LogP contribution in [0.3, 0.4) is 0 Å². The lowest BCUT2D eigenvalue weighted by Gasteiger charge is -2.05. The predicted molar refractivity (Wildman–Crippen MR) is 77.4 cm³/mol. The number of carbonyl (C=O) groups is 1. The van der Waals surface area contributed by atoms with Crippen molar-refractivity contribution >= 4 is 29.3 Å². The second kappa shape index (κ2) is 6.65. The highest BCUT2D eigenvalue weighted by molar-refractivity contribution is 6.32. The molecule has 0 spiro atoms. The Balaban J connectivity index is 1.96. The summed E-state index contributed by atoms with van der Waals surface area (Å²) in [5.74, 6) is -0.494. The minimum absolute atomic E-state index is 0.179. The van der Waals surface area contributed by atoms with Gasteiger partial charge in [-0.3, -0.25) is 9.48 Å². The maximum Gasteiger partial charge on any atom is 0.408 e. The van der Waals surface area contributed by atoms with Crippen molar-refractivity contribution in [3.05, 3.63) is 53.3 Å². The highest BCUT2D eigenvalue weighted by Gasteiger charge is 2.28. The first kappa shape index (κ1) is 16.1. The fraction of sp³-hybridized carbons (Fsp3) is 0.143. The average Bonchev–Trinajstić information content (AvgIpc) is 2.82. The first-order valence-electron chi connectivity index (χ1n) is 6.16. The number of carbonyl (C=O) groups excluding carboxylic acids is 1. The Morgan fingerprint density at radius 1 is 1.36 bits per heavy atom. The van der Waals surface area contributed by atoms with E-state index in [1.165, 1.54) is 12.2 Å². The van der Waals surface area contributed by atoms with E-state index >= 15 is 0 Å². The summed E-state index contributed by atoms with van der Waals surface area (Å²) in [4.78, 5) is 11.7. The molecule has 22 heavy (non-hydrogen) atoms. The van der Waals surface area contributed by atoms with Gasteiger partial charge in [-0.25, -0.2) is 0 Å². The first-order chi connectivity index (χ1) is 10.3. The van der Waals surface area contributed by atoms with Crippen LogP contribution in [0, 0.1) is 0 Å². The van der Waals surface area contributed by atoms with Gasteiger partial charge in [-0.05, 0) is 17.7 Å². The molecule has 2 rings (SSSR count). The van der Waals surface area contributed by atoms with Crippen molar-refractivity contribution in [2.45, 2.75) is 12.7 Å². The highest BCUT2D eigenvalue weighted by Crippen LogP contribution is 2.18. The molecule has 1 aromatic carbocycles. The van der Waals surface area contributed by atoms with Crippen LogP contribution in [0.15, 0.2) is 42.7 Å². The van der Waals surface area contributed by atoms with E-state index in [0.717, 1.165) is 12.4 Å². The van der Waals surface area contributed by atoms with Gasteiger partial charge in [-0.1, -0.05) is 29.8 Å². The zero-order valence-corrected chi connectivity index (χ0v) is 11.9. The molecule has 0 saturated heterocycles. The molecule has 0 atom stereocenters. The van der Waals surface area contributed by atoms with Gasteiger partial charge >= 0.3 is 6.18 Å². The first-order valence-corrected chi connectivity index (χ1v) is 6.54. The van der Waals surface area contributed by atoms with Crippen molar-refractivity contribution < 1.29 is 18.0 Å². The molecule has 2 aromatic rings. The van der Waals surface area contributed by atoms with Gasteiger partial charge < -0.3 is 5.32 Å². The number of rotatable bonds is 4. The molecule has 0 unspecified atom stereocenters. The number of halogens is 4. The zero-order chi connectivity index (χ0) is 16.2. The molecule has 0 aliphatic carbocycles. The van der Waals surface area contributed by atoms with E-state index in [0.29, 0.717) is 15.3 Å². The molecule has 1 amide bonds. The summed E-state index contributed by atoms with van der Waals surface area (Å²) < 4.78 is 37.3. The Bertz CT molecular complexity index is 695. The van der Waals surface area contributed by atoms with E-state index in [4.69, 9.17) is 11.6 Å². The number of anilines is 1. The summed E-state index contributed by atoms with van der Waals surface area (Å²) in [6.45, 7) is -1.21. The van der Waals surface area contributed by atoms with Crippen LogP contribution in [0.25, 0.3) is 6.08 Å². The molecule has 1 heterocycles. The van der Waals surface area contributed by atoms with Gasteiger partial charge in [0.25, 0.3) is 0 Å². The topological polar surface area (TPSA) is 46.9 Å². The molecule has 0 radical (unpaired) electrons. The number of hydrogen-bond donors (Lipinski definition) is 1.